The van der Waals surface area contributed by atoms with Gasteiger partial charge in [0, 0.05) is 35.9 Å². The maximum absolute atomic E-state index is 5.76. The Labute approximate surface area is 113 Å². The third-order valence-corrected chi connectivity index (χ3v) is 2.88. The number of hydrogen-bond acceptors (Lipinski definition) is 4. The lowest BCUT2D eigenvalue weighted by Gasteiger charge is -2.13. The maximum Gasteiger partial charge on any atom is 0.123 e. The van der Waals surface area contributed by atoms with Crippen molar-refractivity contribution in [3.05, 3.63) is 47.8 Å². The monoisotopic (exact) mass is 257 g/mol. The van der Waals surface area contributed by atoms with Gasteiger partial charge in [0.2, 0.25) is 0 Å². The molecule has 1 aromatic carbocycles. The second kappa shape index (κ2) is 6.20. The van der Waals surface area contributed by atoms with E-state index in [1.54, 1.807) is 6.20 Å². The van der Waals surface area contributed by atoms with Gasteiger partial charge in [0.1, 0.15) is 5.75 Å². The number of pyridine rings is 1. The molecule has 0 bridgehead atoms. The van der Waals surface area contributed by atoms with E-state index >= 15 is 0 Å². The van der Waals surface area contributed by atoms with E-state index in [0.29, 0.717) is 13.2 Å². The predicted molar refractivity (Wildman–Crippen MR) is 77.8 cm³/mol. The van der Waals surface area contributed by atoms with Gasteiger partial charge in [0.05, 0.1) is 6.61 Å². The van der Waals surface area contributed by atoms with Crippen LogP contribution in [0, 0.1) is 6.92 Å². The van der Waals surface area contributed by atoms with Gasteiger partial charge < -0.3 is 15.8 Å². The third-order valence-electron chi connectivity index (χ3n) is 2.88. The highest BCUT2D eigenvalue weighted by Crippen LogP contribution is 2.25. The minimum atomic E-state index is 0.459. The molecular formula is C15H19N3O. The first-order valence-electron chi connectivity index (χ1n) is 6.38. The lowest BCUT2D eigenvalue weighted by atomic mass is 10.1. The Morgan fingerprint density at radius 1 is 1.32 bits per heavy atom. The fraction of sp³-hybridized carbons (Fsp3) is 0.267. The zero-order valence-corrected chi connectivity index (χ0v) is 11.3. The second-order valence-corrected chi connectivity index (χ2v) is 4.28. The van der Waals surface area contributed by atoms with Gasteiger partial charge in [-0.2, -0.15) is 0 Å². The van der Waals surface area contributed by atoms with Crippen molar-refractivity contribution in [1.82, 2.24) is 4.98 Å². The fourth-order valence-corrected chi connectivity index (χ4v) is 1.88. The number of hydrogen-bond donors (Lipinski definition) is 2. The van der Waals surface area contributed by atoms with E-state index in [0.717, 1.165) is 28.3 Å². The van der Waals surface area contributed by atoms with E-state index in [1.807, 2.05) is 44.3 Å². The summed E-state index contributed by atoms with van der Waals surface area (Å²) in [7, 11) is 0. The van der Waals surface area contributed by atoms with E-state index in [4.69, 9.17) is 10.5 Å². The minimum absolute atomic E-state index is 0.459. The Balaban J connectivity index is 2.24. The Morgan fingerprint density at radius 3 is 2.84 bits per heavy atom. The Bertz CT molecular complexity index is 555. The van der Waals surface area contributed by atoms with Crippen LogP contribution in [-0.4, -0.2) is 11.6 Å². The second-order valence-electron chi connectivity index (χ2n) is 4.28. The SMILES string of the molecule is CCOc1ccc(Nc2ccncc2C)cc1CN. The summed E-state index contributed by atoms with van der Waals surface area (Å²) in [6, 6.07) is 7.91. The summed E-state index contributed by atoms with van der Waals surface area (Å²) < 4.78 is 5.54. The Kier molecular flexibility index (Phi) is 4.36. The normalized spacial score (nSPS) is 10.3. The summed E-state index contributed by atoms with van der Waals surface area (Å²) in [5.74, 6) is 0.849. The molecule has 1 aromatic heterocycles. The summed E-state index contributed by atoms with van der Waals surface area (Å²) in [4.78, 5) is 4.08. The standard InChI is InChI=1S/C15H19N3O/c1-3-19-15-5-4-13(8-12(15)9-16)18-14-6-7-17-10-11(14)2/h4-8,10H,3,9,16H2,1-2H3,(H,17,18). The van der Waals surface area contributed by atoms with Gasteiger partial charge in [0.15, 0.2) is 0 Å². The van der Waals surface area contributed by atoms with Crippen LogP contribution in [-0.2, 0) is 6.54 Å². The first-order chi connectivity index (χ1) is 9.24. The highest BCUT2D eigenvalue weighted by Gasteiger charge is 2.04. The summed E-state index contributed by atoms with van der Waals surface area (Å²) in [5, 5.41) is 3.37. The van der Waals surface area contributed by atoms with E-state index < -0.39 is 0 Å². The molecule has 4 nitrogen and oxygen atoms in total. The molecule has 2 rings (SSSR count). The van der Waals surface area contributed by atoms with Gasteiger partial charge in [-0.15, -0.1) is 0 Å². The van der Waals surface area contributed by atoms with E-state index in [9.17, 15) is 0 Å². The smallest absolute Gasteiger partial charge is 0.123 e. The van der Waals surface area contributed by atoms with Crippen molar-refractivity contribution >= 4 is 11.4 Å². The number of nitrogens with one attached hydrogen (secondary N) is 1. The van der Waals surface area contributed by atoms with Gasteiger partial charge in [-0.05, 0) is 43.7 Å². The topological polar surface area (TPSA) is 60.2 Å². The zero-order chi connectivity index (χ0) is 13.7. The van der Waals surface area contributed by atoms with E-state index in [2.05, 4.69) is 10.3 Å². The number of nitrogens with zero attached hydrogens (tertiary/aromatic N) is 1. The van der Waals surface area contributed by atoms with Crippen molar-refractivity contribution in [2.75, 3.05) is 11.9 Å². The summed E-state index contributed by atoms with van der Waals surface area (Å²) in [6.07, 6.45) is 3.61. The average Bonchev–Trinajstić information content (AvgIpc) is 2.43. The van der Waals surface area contributed by atoms with Gasteiger partial charge >= 0.3 is 0 Å². The third kappa shape index (κ3) is 3.23. The molecular weight excluding hydrogens is 238 g/mol. The molecule has 0 aliphatic heterocycles. The Morgan fingerprint density at radius 2 is 2.16 bits per heavy atom. The first kappa shape index (κ1) is 13.4. The number of anilines is 2. The first-order valence-corrected chi connectivity index (χ1v) is 6.38. The molecule has 2 aromatic rings. The molecule has 0 saturated heterocycles. The predicted octanol–water partition coefficient (Wildman–Crippen LogP) is 2.99. The van der Waals surface area contributed by atoms with Crippen LogP contribution in [0.3, 0.4) is 0 Å². The highest BCUT2D eigenvalue weighted by molar-refractivity contribution is 5.64. The summed E-state index contributed by atoms with van der Waals surface area (Å²) >= 11 is 0. The quantitative estimate of drug-likeness (QED) is 0.864. The van der Waals surface area contributed by atoms with E-state index in [-0.39, 0.29) is 0 Å². The number of nitrogens with two attached hydrogens (primary N) is 1. The van der Waals surface area contributed by atoms with Crippen LogP contribution in [0.2, 0.25) is 0 Å². The van der Waals surface area contributed by atoms with Gasteiger partial charge in [-0.3, -0.25) is 4.98 Å². The molecule has 4 heteroatoms. The molecule has 0 unspecified atom stereocenters. The Hall–Kier alpha value is -2.07. The molecule has 0 aliphatic rings. The molecule has 100 valence electrons. The van der Waals surface area contributed by atoms with Crippen molar-refractivity contribution in [1.29, 1.82) is 0 Å². The largest absolute Gasteiger partial charge is 0.494 e. The van der Waals surface area contributed by atoms with Gasteiger partial charge in [-0.1, -0.05) is 0 Å². The highest BCUT2D eigenvalue weighted by atomic mass is 16.5. The van der Waals surface area contributed by atoms with Crippen molar-refractivity contribution in [3.63, 3.8) is 0 Å². The molecule has 3 N–H and O–H groups in total. The van der Waals surface area contributed by atoms with Gasteiger partial charge in [-0.25, -0.2) is 0 Å². The summed E-state index contributed by atoms with van der Waals surface area (Å²) in [5.41, 5.74) is 9.90. The number of rotatable bonds is 5. The number of benzene rings is 1. The molecule has 19 heavy (non-hydrogen) atoms. The number of aromatic nitrogens is 1. The van der Waals surface area contributed by atoms with Crippen LogP contribution in [0.1, 0.15) is 18.1 Å². The number of aryl methyl sites for hydroxylation is 1. The molecule has 0 spiro atoms. The minimum Gasteiger partial charge on any atom is -0.494 e. The van der Waals surface area contributed by atoms with Crippen LogP contribution < -0.4 is 15.8 Å². The van der Waals surface area contributed by atoms with Crippen LogP contribution in [0.15, 0.2) is 36.7 Å². The van der Waals surface area contributed by atoms with Crippen molar-refractivity contribution in [2.24, 2.45) is 5.73 Å². The van der Waals surface area contributed by atoms with Crippen molar-refractivity contribution in [3.8, 4) is 5.75 Å². The molecule has 1 heterocycles. The molecule has 0 atom stereocenters. The molecule has 0 amide bonds. The average molecular weight is 257 g/mol. The van der Waals surface area contributed by atoms with Crippen molar-refractivity contribution in [2.45, 2.75) is 20.4 Å². The zero-order valence-electron chi connectivity index (χ0n) is 11.3. The van der Waals surface area contributed by atoms with Crippen LogP contribution in [0.5, 0.6) is 5.75 Å². The molecule has 0 saturated carbocycles. The van der Waals surface area contributed by atoms with E-state index in [1.165, 1.54) is 0 Å². The van der Waals surface area contributed by atoms with Crippen LogP contribution in [0.25, 0.3) is 0 Å². The molecule has 0 radical (unpaired) electrons. The molecule has 0 aliphatic carbocycles. The number of ether oxygens (including phenoxy) is 1. The summed E-state index contributed by atoms with van der Waals surface area (Å²) in [6.45, 7) is 5.09. The van der Waals surface area contributed by atoms with Crippen LogP contribution in [0.4, 0.5) is 11.4 Å². The fourth-order valence-electron chi connectivity index (χ4n) is 1.88. The molecule has 0 fully saturated rings. The van der Waals surface area contributed by atoms with Gasteiger partial charge in [0.25, 0.3) is 0 Å². The lowest BCUT2D eigenvalue weighted by Crippen LogP contribution is -2.03. The lowest BCUT2D eigenvalue weighted by molar-refractivity contribution is 0.336. The maximum atomic E-state index is 5.76. The van der Waals surface area contributed by atoms with Crippen LogP contribution >= 0.6 is 0 Å². The van der Waals surface area contributed by atoms with Crippen molar-refractivity contribution < 1.29 is 4.74 Å².